The molecule has 0 amide bonds. The molecule has 1 unspecified atom stereocenters. The third-order valence-corrected chi connectivity index (χ3v) is 7.83. The molecule has 182 valence electrons. The van der Waals surface area contributed by atoms with Gasteiger partial charge in [-0.2, -0.15) is 13.2 Å². The number of carbonyl (C=O) groups is 1. The van der Waals surface area contributed by atoms with Crippen molar-refractivity contribution in [1.29, 1.82) is 0 Å². The van der Waals surface area contributed by atoms with Gasteiger partial charge in [0.15, 0.2) is 5.82 Å². The van der Waals surface area contributed by atoms with E-state index in [4.69, 9.17) is 0 Å². The molecule has 3 rings (SSSR count). The zero-order valence-corrected chi connectivity index (χ0v) is 20.3. The van der Waals surface area contributed by atoms with Gasteiger partial charge in [-0.25, -0.2) is 9.97 Å². The van der Waals surface area contributed by atoms with Gasteiger partial charge in [-0.3, -0.25) is 9.69 Å². The van der Waals surface area contributed by atoms with Crippen LogP contribution in [0.5, 0.6) is 0 Å². The Hall–Kier alpha value is -2.00. The second-order valence-corrected chi connectivity index (χ2v) is 11.5. The van der Waals surface area contributed by atoms with Crippen LogP contribution in [0.2, 0.25) is 0 Å². The first-order valence-electron chi connectivity index (χ1n) is 11.2. The number of hydrogen-bond donors (Lipinski definition) is 1. The summed E-state index contributed by atoms with van der Waals surface area (Å²) in [6.45, 7) is 8.85. The summed E-state index contributed by atoms with van der Waals surface area (Å²) in [6.07, 6.45) is -0.730. The standard InChI is InChI=1S/C24H32F3N3O2S/c1-16(24(25,26)27)8-9-23(21(31)32)12-17(22(2,3)4)13-30(15-23)14-18-6-7-19(33-18)20-28-10-5-11-29-20/h5-7,10-11,16-17H,8-9,12-15H2,1-4H3,(H,31,32)/t16?,17-,23-/m1/s1. The van der Waals surface area contributed by atoms with Gasteiger partial charge in [0.2, 0.25) is 0 Å². The lowest BCUT2D eigenvalue weighted by Gasteiger charge is -2.48. The van der Waals surface area contributed by atoms with Crippen LogP contribution in [0.3, 0.4) is 0 Å². The largest absolute Gasteiger partial charge is 0.481 e. The highest BCUT2D eigenvalue weighted by atomic mass is 32.1. The number of carboxylic acids is 1. The first-order chi connectivity index (χ1) is 15.3. The highest BCUT2D eigenvalue weighted by Gasteiger charge is 2.49. The molecular formula is C24H32F3N3O2S. The molecule has 0 bridgehead atoms. The molecule has 9 heteroatoms. The number of aromatic nitrogens is 2. The Labute approximate surface area is 197 Å². The Morgan fingerprint density at radius 3 is 2.52 bits per heavy atom. The number of rotatable bonds is 7. The maximum absolute atomic E-state index is 13.1. The number of halogens is 3. The van der Waals surface area contributed by atoms with E-state index in [0.29, 0.717) is 25.3 Å². The van der Waals surface area contributed by atoms with Gasteiger partial charge in [0.05, 0.1) is 16.2 Å². The predicted octanol–water partition coefficient (Wildman–Crippen LogP) is 6.12. The van der Waals surface area contributed by atoms with E-state index >= 15 is 0 Å². The third kappa shape index (κ3) is 6.32. The average molecular weight is 484 g/mol. The molecule has 1 aliphatic heterocycles. The molecule has 0 spiro atoms. The van der Waals surface area contributed by atoms with Crippen LogP contribution in [-0.4, -0.2) is 45.2 Å². The third-order valence-electron chi connectivity index (χ3n) is 6.76. The van der Waals surface area contributed by atoms with Crippen LogP contribution in [-0.2, 0) is 11.3 Å². The van der Waals surface area contributed by atoms with Crippen LogP contribution >= 0.6 is 11.3 Å². The number of likely N-dealkylation sites (tertiary alicyclic amines) is 1. The molecule has 1 fully saturated rings. The van der Waals surface area contributed by atoms with Crippen molar-refractivity contribution in [3.8, 4) is 10.7 Å². The molecule has 5 nitrogen and oxygen atoms in total. The van der Waals surface area contributed by atoms with E-state index in [1.165, 1.54) is 0 Å². The van der Waals surface area contributed by atoms with E-state index in [2.05, 4.69) is 35.6 Å². The number of piperidine rings is 1. The van der Waals surface area contributed by atoms with Crippen LogP contribution in [0.1, 0.15) is 51.8 Å². The molecule has 1 N–H and O–H groups in total. The molecule has 3 heterocycles. The summed E-state index contributed by atoms with van der Waals surface area (Å²) in [6, 6.07) is 5.70. The normalized spacial score (nSPS) is 23.4. The molecule has 0 aromatic carbocycles. The van der Waals surface area contributed by atoms with Crippen molar-refractivity contribution >= 4 is 17.3 Å². The van der Waals surface area contributed by atoms with Gasteiger partial charge < -0.3 is 5.11 Å². The first kappa shape index (κ1) is 25.6. The second-order valence-electron chi connectivity index (χ2n) is 10.3. The minimum absolute atomic E-state index is 0.0135. The lowest BCUT2D eigenvalue weighted by Crippen LogP contribution is -2.53. The Morgan fingerprint density at radius 2 is 1.94 bits per heavy atom. The highest BCUT2D eigenvalue weighted by molar-refractivity contribution is 7.15. The van der Waals surface area contributed by atoms with E-state index in [1.54, 1.807) is 29.8 Å². The van der Waals surface area contributed by atoms with Crippen molar-refractivity contribution in [1.82, 2.24) is 14.9 Å². The summed E-state index contributed by atoms with van der Waals surface area (Å²) in [4.78, 5) is 25.1. The smallest absolute Gasteiger partial charge is 0.391 e. The quantitative estimate of drug-likeness (QED) is 0.514. The first-order valence-corrected chi connectivity index (χ1v) is 12.0. The number of aliphatic carboxylic acids is 1. The summed E-state index contributed by atoms with van der Waals surface area (Å²) in [5.41, 5.74) is -1.36. The lowest BCUT2D eigenvalue weighted by atomic mass is 9.65. The number of carboxylic acid groups (broad SMARTS) is 1. The Bertz CT molecular complexity index is 942. The fraction of sp³-hybridized carbons (Fsp3) is 0.625. The highest BCUT2D eigenvalue weighted by Crippen LogP contribution is 2.46. The van der Waals surface area contributed by atoms with E-state index < -0.39 is 23.5 Å². The van der Waals surface area contributed by atoms with Gasteiger partial charge in [-0.15, -0.1) is 11.3 Å². The number of alkyl halides is 3. The molecule has 2 aromatic heterocycles. The molecule has 1 aliphatic rings. The fourth-order valence-corrected chi connectivity index (χ4v) is 5.43. The van der Waals surface area contributed by atoms with Crippen LogP contribution in [0, 0.1) is 22.7 Å². The van der Waals surface area contributed by atoms with E-state index in [1.807, 2.05) is 12.1 Å². The maximum atomic E-state index is 13.1. The topological polar surface area (TPSA) is 66.3 Å². The summed E-state index contributed by atoms with van der Waals surface area (Å²) in [5, 5.41) is 10.2. The van der Waals surface area contributed by atoms with Crippen molar-refractivity contribution in [2.24, 2.45) is 22.7 Å². The lowest BCUT2D eigenvalue weighted by molar-refractivity contribution is -0.177. The molecule has 3 atom stereocenters. The Morgan fingerprint density at radius 1 is 1.27 bits per heavy atom. The van der Waals surface area contributed by atoms with Gasteiger partial charge in [0.1, 0.15) is 0 Å². The fourth-order valence-electron chi connectivity index (χ4n) is 4.43. The number of hydrogen-bond acceptors (Lipinski definition) is 5. The summed E-state index contributed by atoms with van der Waals surface area (Å²) in [7, 11) is 0. The Kier molecular flexibility index (Phi) is 7.53. The van der Waals surface area contributed by atoms with Crippen molar-refractivity contribution < 1.29 is 23.1 Å². The minimum atomic E-state index is -4.32. The minimum Gasteiger partial charge on any atom is -0.481 e. The summed E-state index contributed by atoms with van der Waals surface area (Å²) in [5.74, 6) is -1.83. The predicted molar refractivity (Wildman–Crippen MR) is 123 cm³/mol. The van der Waals surface area contributed by atoms with Gasteiger partial charge in [-0.05, 0) is 48.8 Å². The van der Waals surface area contributed by atoms with E-state index in [0.717, 1.165) is 16.7 Å². The van der Waals surface area contributed by atoms with Crippen molar-refractivity contribution in [3.05, 3.63) is 35.5 Å². The average Bonchev–Trinajstić information content (AvgIpc) is 3.19. The molecule has 0 aliphatic carbocycles. The molecule has 33 heavy (non-hydrogen) atoms. The van der Waals surface area contributed by atoms with E-state index in [-0.39, 0.29) is 30.7 Å². The number of thiophene rings is 1. The summed E-state index contributed by atoms with van der Waals surface area (Å²) >= 11 is 1.56. The zero-order valence-electron chi connectivity index (χ0n) is 19.5. The van der Waals surface area contributed by atoms with E-state index in [9.17, 15) is 23.1 Å². The second kappa shape index (κ2) is 9.70. The molecule has 0 saturated carbocycles. The SMILES string of the molecule is CC(CC[C@@]1(C(=O)O)C[C@@H](C(C)(C)C)CN(Cc2ccc(-c3ncccn3)s2)C1)C(F)(F)F. The van der Waals surface area contributed by atoms with Crippen molar-refractivity contribution in [3.63, 3.8) is 0 Å². The molecule has 2 aromatic rings. The van der Waals surface area contributed by atoms with Gasteiger partial charge in [0, 0.05) is 36.9 Å². The van der Waals surface area contributed by atoms with Crippen LogP contribution in [0.15, 0.2) is 30.6 Å². The molecule has 0 radical (unpaired) electrons. The molecular weight excluding hydrogens is 451 g/mol. The van der Waals surface area contributed by atoms with Crippen molar-refractivity contribution in [2.45, 2.75) is 59.7 Å². The van der Waals surface area contributed by atoms with Gasteiger partial charge >= 0.3 is 12.1 Å². The zero-order chi connectivity index (χ0) is 24.4. The van der Waals surface area contributed by atoms with Crippen LogP contribution in [0.25, 0.3) is 10.7 Å². The van der Waals surface area contributed by atoms with Gasteiger partial charge in [-0.1, -0.05) is 27.7 Å². The Balaban J connectivity index is 1.82. The summed E-state index contributed by atoms with van der Waals surface area (Å²) < 4.78 is 39.4. The number of nitrogens with zero attached hydrogens (tertiary/aromatic N) is 3. The van der Waals surface area contributed by atoms with Gasteiger partial charge in [0.25, 0.3) is 0 Å². The van der Waals surface area contributed by atoms with Crippen molar-refractivity contribution in [2.75, 3.05) is 13.1 Å². The monoisotopic (exact) mass is 483 g/mol. The molecule has 1 saturated heterocycles. The van der Waals surface area contributed by atoms with Crippen LogP contribution < -0.4 is 0 Å². The van der Waals surface area contributed by atoms with Crippen LogP contribution in [0.4, 0.5) is 13.2 Å². The maximum Gasteiger partial charge on any atom is 0.391 e.